The Morgan fingerprint density at radius 3 is 2.89 bits per heavy atom. The Hall–Kier alpha value is 0.0700. The van der Waals surface area contributed by atoms with Gasteiger partial charge in [-0.3, -0.25) is 0 Å². The third kappa shape index (κ3) is 4.27. The van der Waals surface area contributed by atoms with E-state index in [-0.39, 0.29) is 12.1 Å². The lowest BCUT2D eigenvalue weighted by molar-refractivity contribution is 0.0468. The minimum absolute atomic E-state index is 0.183. The maximum atomic E-state index is 6.13. The van der Waals surface area contributed by atoms with E-state index < -0.39 is 0 Å². The van der Waals surface area contributed by atoms with Gasteiger partial charge < -0.3 is 10.1 Å². The van der Waals surface area contributed by atoms with Crippen LogP contribution in [0.25, 0.3) is 0 Å². The SMILES string of the molecule is CCCNC(c1ccc(Cl)c(Cl)c1)C1CSCCO1. The Kier molecular flexibility index (Phi) is 6.30. The molecule has 0 aromatic heterocycles. The molecule has 19 heavy (non-hydrogen) atoms. The number of nitrogens with one attached hydrogen (secondary N) is 1. The first kappa shape index (κ1) is 15.5. The molecular formula is C14H19Cl2NOS. The molecule has 1 saturated heterocycles. The predicted octanol–water partition coefficient (Wildman–Crippen LogP) is 4.17. The van der Waals surface area contributed by atoms with E-state index in [1.54, 1.807) is 0 Å². The zero-order valence-electron chi connectivity index (χ0n) is 11.0. The molecule has 0 radical (unpaired) electrons. The van der Waals surface area contributed by atoms with Gasteiger partial charge in [-0.05, 0) is 30.7 Å². The van der Waals surface area contributed by atoms with E-state index in [4.69, 9.17) is 27.9 Å². The summed E-state index contributed by atoms with van der Waals surface area (Å²) in [5.41, 5.74) is 1.15. The van der Waals surface area contributed by atoms with Crippen molar-refractivity contribution in [3.8, 4) is 0 Å². The van der Waals surface area contributed by atoms with Crippen LogP contribution in [0.3, 0.4) is 0 Å². The van der Waals surface area contributed by atoms with Crippen molar-refractivity contribution in [1.29, 1.82) is 0 Å². The van der Waals surface area contributed by atoms with Crippen LogP contribution < -0.4 is 5.32 Å². The first-order valence-corrected chi connectivity index (χ1v) is 8.51. The fourth-order valence-electron chi connectivity index (χ4n) is 2.17. The van der Waals surface area contributed by atoms with Crippen molar-refractivity contribution in [1.82, 2.24) is 5.32 Å². The van der Waals surface area contributed by atoms with Crippen molar-refractivity contribution < 1.29 is 4.74 Å². The predicted molar refractivity (Wildman–Crippen MR) is 84.6 cm³/mol. The second kappa shape index (κ2) is 7.75. The average Bonchev–Trinajstić information content (AvgIpc) is 2.44. The van der Waals surface area contributed by atoms with Crippen LogP contribution in [0, 0.1) is 0 Å². The lowest BCUT2D eigenvalue weighted by Gasteiger charge is -2.31. The van der Waals surface area contributed by atoms with Gasteiger partial charge in [0.2, 0.25) is 0 Å². The molecule has 0 bridgehead atoms. The van der Waals surface area contributed by atoms with E-state index in [2.05, 4.69) is 12.2 Å². The summed E-state index contributed by atoms with van der Waals surface area (Å²) in [6, 6.07) is 6.02. The number of hydrogen-bond acceptors (Lipinski definition) is 3. The quantitative estimate of drug-likeness (QED) is 0.880. The molecule has 1 fully saturated rings. The van der Waals surface area contributed by atoms with Crippen LogP contribution in [-0.4, -0.2) is 30.8 Å². The van der Waals surface area contributed by atoms with Crippen molar-refractivity contribution in [3.63, 3.8) is 0 Å². The molecule has 0 amide bonds. The molecule has 0 saturated carbocycles. The molecule has 106 valence electrons. The monoisotopic (exact) mass is 319 g/mol. The molecule has 1 aromatic carbocycles. The highest BCUT2D eigenvalue weighted by molar-refractivity contribution is 7.99. The van der Waals surface area contributed by atoms with Gasteiger partial charge in [0.05, 0.1) is 28.8 Å². The zero-order valence-corrected chi connectivity index (χ0v) is 13.3. The Morgan fingerprint density at radius 1 is 1.42 bits per heavy atom. The molecule has 1 aromatic rings. The molecule has 1 aliphatic heterocycles. The summed E-state index contributed by atoms with van der Waals surface area (Å²) in [6.07, 6.45) is 1.29. The second-order valence-corrected chi connectivity index (χ2v) is 6.55. The Bertz CT molecular complexity index is 410. The molecule has 1 heterocycles. The van der Waals surface area contributed by atoms with Gasteiger partial charge in [-0.2, -0.15) is 11.8 Å². The summed E-state index contributed by atoms with van der Waals surface area (Å²) in [6.45, 7) is 3.95. The molecule has 5 heteroatoms. The van der Waals surface area contributed by atoms with Crippen molar-refractivity contribution in [3.05, 3.63) is 33.8 Å². The molecule has 2 rings (SSSR count). The summed E-state index contributed by atoms with van der Waals surface area (Å²) >= 11 is 14.1. The highest BCUT2D eigenvalue weighted by Crippen LogP contribution is 2.30. The van der Waals surface area contributed by atoms with Crippen LogP contribution in [0.15, 0.2) is 18.2 Å². The zero-order chi connectivity index (χ0) is 13.7. The third-order valence-electron chi connectivity index (χ3n) is 3.13. The van der Waals surface area contributed by atoms with Gasteiger partial charge in [-0.15, -0.1) is 0 Å². The van der Waals surface area contributed by atoms with Gasteiger partial charge in [0, 0.05) is 11.5 Å². The van der Waals surface area contributed by atoms with Crippen molar-refractivity contribution in [2.45, 2.75) is 25.5 Å². The Balaban J connectivity index is 2.17. The van der Waals surface area contributed by atoms with Crippen molar-refractivity contribution in [2.24, 2.45) is 0 Å². The van der Waals surface area contributed by atoms with E-state index >= 15 is 0 Å². The first-order chi connectivity index (χ1) is 9.22. The molecule has 0 aliphatic carbocycles. The highest BCUT2D eigenvalue weighted by Gasteiger charge is 2.26. The van der Waals surface area contributed by atoms with E-state index in [0.29, 0.717) is 10.0 Å². The first-order valence-electron chi connectivity index (χ1n) is 6.60. The molecule has 0 spiro atoms. The number of rotatable bonds is 5. The fraction of sp³-hybridized carbons (Fsp3) is 0.571. The molecular weight excluding hydrogens is 301 g/mol. The molecule has 2 nitrogen and oxygen atoms in total. The summed E-state index contributed by atoms with van der Waals surface area (Å²) < 4.78 is 5.90. The Labute approximate surface area is 129 Å². The van der Waals surface area contributed by atoms with Crippen LogP contribution in [0.2, 0.25) is 10.0 Å². The minimum atomic E-state index is 0.183. The lowest BCUT2D eigenvalue weighted by Crippen LogP contribution is -2.38. The van der Waals surface area contributed by atoms with E-state index in [0.717, 1.165) is 36.6 Å². The third-order valence-corrected chi connectivity index (χ3v) is 4.89. The maximum Gasteiger partial charge on any atom is 0.0860 e. The van der Waals surface area contributed by atoms with Crippen molar-refractivity contribution >= 4 is 35.0 Å². The smallest absolute Gasteiger partial charge is 0.0860 e. The van der Waals surface area contributed by atoms with Crippen LogP contribution in [-0.2, 0) is 4.74 Å². The number of thioether (sulfide) groups is 1. The van der Waals surface area contributed by atoms with E-state index in [9.17, 15) is 0 Å². The second-order valence-electron chi connectivity index (χ2n) is 4.59. The summed E-state index contributed by atoms with van der Waals surface area (Å²) in [5.74, 6) is 2.10. The fourth-order valence-corrected chi connectivity index (χ4v) is 3.38. The molecule has 2 atom stereocenters. The van der Waals surface area contributed by atoms with Crippen LogP contribution in [0.5, 0.6) is 0 Å². The summed E-state index contributed by atoms with van der Waals surface area (Å²) in [4.78, 5) is 0. The van der Waals surface area contributed by atoms with Gasteiger partial charge >= 0.3 is 0 Å². The minimum Gasteiger partial charge on any atom is -0.375 e. The topological polar surface area (TPSA) is 21.3 Å². The summed E-state index contributed by atoms with van der Waals surface area (Å²) in [5, 5.41) is 4.76. The molecule has 1 aliphatic rings. The normalized spacial score (nSPS) is 21.3. The number of ether oxygens (including phenoxy) is 1. The van der Waals surface area contributed by atoms with Gasteiger partial charge in [-0.1, -0.05) is 36.2 Å². The van der Waals surface area contributed by atoms with Crippen LogP contribution in [0.4, 0.5) is 0 Å². The number of halogens is 2. The average molecular weight is 320 g/mol. The van der Waals surface area contributed by atoms with E-state index in [1.807, 2.05) is 30.0 Å². The number of hydrogen-bond donors (Lipinski definition) is 1. The Morgan fingerprint density at radius 2 is 2.26 bits per heavy atom. The maximum absolute atomic E-state index is 6.13. The summed E-state index contributed by atoms with van der Waals surface area (Å²) in [7, 11) is 0. The van der Waals surface area contributed by atoms with Gasteiger partial charge in [0.15, 0.2) is 0 Å². The van der Waals surface area contributed by atoms with Crippen LogP contribution >= 0.6 is 35.0 Å². The van der Waals surface area contributed by atoms with Gasteiger partial charge in [-0.25, -0.2) is 0 Å². The largest absolute Gasteiger partial charge is 0.375 e. The lowest BCUT2D eigenvalue weighted by atomic mass is 10.0. The highest BCUT2D eigenvalue weighted by atomic mass is 35.5. The molecule has 1 N–H and O–H groups in total. The standard InChI is InChI=1S/C14H19Cl2NOS/c1-2-5-17-14(13-9-19-7-6-18-13)10-3-4-11(15)12(16)8-10/h3-4,8,13-14,17H,2,5-7,9H2,1H3. The van der Waals surface area contributed by atoms with Crippen LogP contribution in [0.1, 0.15) is 24.9 Å². The van der Waals surface area contributed by atoms with E-state index in [1.165, 1.54) is 0 Å². The number of benzene rings is 1. The van der Waals surface area contributed by atoms with Gasteiger partial charge in [0.1, 0.15) is 0 Å². The molecule has 2 unspecified atom stereocenters. The van der Waals surface area contributed by atoms with Gasteiger partial charge in [0.25, 0.3) is 0 Å². The van der Waals surface area contributed by atoms with Crippen molar-refractivity contribution in [2.75, 3.05) is 24.7 Å².